The van der Waals surface area contributed by atoms with Crippen LogP contribution in [0.15, 0.2) is 30.3 Å². The van der Waals surface area contributed by atoms with Gasteiger partial charge in [-0.15, -0.1) is 0 Å². The van der Waals surface area contributed by atoms with Gasteiger partial charge in [0.15, 0.2) is 0 Å². The molecule has 0 spiro atoms. The van der Waals surface area contributed by atoms with Crippen LogP contribution in [-0.4, -0.2) is 22.4 Å². The van der Waals surface area contributed by atoms with Crippen LogP contribution >= 0.6 is 0 Å². The lowest BCUT2D eigenvalue weighted by molar-refractivity contribution is 0.102. The zero-order valence-corrected chi connectivity index (χ0v) is 12.0. The molecule has 0 radical (unpaired) electrons. The molecule has 0 unspecified atom stereocenters. The standard InChI is InChI=1S/C15H17FN4O/c1-3-7-17-14-9-13(18-10(2)19-14)15(21)20-12-6-4-5-11(16)8-12/h4-6,8-9H,3,7H2,1-2H3,(H,20,21)(H,17,18,19). The number of rotatable bonds is 5. The number of hydrogen-bond donors (Lipinski definition) is 2. The zero-order valence-electron chi connectivity index (χ0n) is 12.0. The van der Waals surface area contributed by atoms with Crippen LogP contribution in [0.3, 0.4) is 0 Å². The monoisotopic (exact) mass is 288 g/mol. The molecule has 5 nitrogen and oxygen atoms in total. The lowest BCUT2D eigenvalue weighted by atomic mass is 10.3. The molecule has 2 aromatic rings. The highest BCUT2D eigenvalue weighted by molar-refractivity contribution is 6.03. The molecule has 0 aliphatic rings. The van der Waals surface area contributed by atoms with Crippen molar-refractivity contribution in [3.8, 4) is 0 Å². The normalized spacial score (nSPS) is 10.2. The van der Waals surface area contributed by atoms with Gasteiger partial charge in [-0.25, -0.2) is 14.4 Å². The van der Waals surface area contributed by atoms with E-state index < -0.39 is 11.7 Å². The van der Waals surface area contributed by atoms with Crippen molar-refractivity contribution in [2.45, 2.75) is 20.3 Å². The number of benzene rings is 1. The summed E-state index contributed by atoms with van der Waals surface area (Å²) < 4.78 is 13.1. The molecule has 21 heavy (non-hydrogen) atoms. The fraction of sp³-hybridized carbons (Fsp3) is 0.267. The van der Waals surface area contributed by atoms with Crippen LogP contribution in [-0.2, 0) is 0 Å². The first-order valence-corrected chi connectivity index (χ1v) is 6.75. The Hall–Kier alpha value is -2.50. The highest BCUT2D eigenvalue weighted by atomic mass is 19.1. The van der Waals surface area contributed by atoms with Gasteiger partial charge in [0.2, 0.25) is 0 Å². The molecule has 0 fully saturated rings. The minimum Gasteiger partial charge on any atom is -0.370 e. The fourth-order valence-corrected chi connectivity index (χ4v) is 1.79. The summed E-state index contributed by atoms with van der Waals surface area (Å²) in [6.07, 6.45) is 0.952. The van der Waals surface area contributed by atoms with E-state index in [4.69, 9.17) is 0 Å². The number of carbonyl (C=O) groups excluding carboxylic acids is 1. The molecule has 0 saturated heterocycles. The van der Waals surface area contributed by atoms with E-state index in [1.165, 1.54) is 18.2 Å². The Balaban J connectivity index is 2.16. The van der Waals surface area contributed by atoms with E-state index in [1.807, 2.05) is 6.92 Å². The van der Waals surface area contributed by atoms with Gasteiger partial charge in [-0.2, -0.15) is 0 Å². The predicted molar refractivity (Wildman–Crippen MR) is 79.9 cm³/mol. The van der Waals surface area contributed by atoms with E-state index in [0.29, 0.717) is 17.3 Å². The average Bonchev–Trinajstić information content (AvgIpc) is 2.44. The minimum absolute atomic E-state index is 0.241. The number of anilines is 2. The van der Waals surface area contributed by atoms with Gasteiger partial charge in [-0.3, -0.25) is 4.79 Å². The number of aryl methyl sites for hydroxylation is 1. The molecular weight excluding hydrogens is 271 g/mol. The van der Waals surface area contributed by atoms with Crippen LogP contribution in [0.4, 0.5) is 15.9 Å². The highest BCUT2D eigenvalue weighted by Crippen LogP contribution is 2.12. The summed E-state index contributed by atoms with van der Waals surface area (Å²) in [6, 6.07) is 7.30. The van der Waals surface area contributed by atoms with Crippen molar-refractivity contribution in [3.05, 3.63) is 47.7 Å². The molecule has 0 aliphatic carbocycles. The van der Waals surface area contributed by atoms with Gasteiger partial charge >= 0.3 is 0 Å². The van der Waals surface area contributed by atoms with Gasteiger partial charge in [-0.1, -0.05) is 13.0 Å². The molecule has 1 aromatic heterocycles. The predicted octanol–water partition coefficient (Wildman–Crippen LogP) is 3.00. The van der Waals surface area contributed by atoms with E-state index in [2.05, 4.69) is 20.6 Å². The van der Waals surface area contributed by atoms with Crippen LogP contribution in [0.1, 0.15) is 29.7 Å². The van der Waals surface area contributed by atoms with E-state index in [-0.39, 0.29) is 5.69 Å². The first kappa shape index (κ1) is 14.9. The van der Waals surface area contributed by atoms with Gasteiger partial charge in [0.1, 0.15) is 23.2 Å². The number of aromatic nitrogens is 2. The Morgan fingerprint density at radius 3 is 2.81 bits per heavy atom. The molecule has 2 N–H and O–H groups in total. The molecule has 1 amide bonds. The summed E-state index contributed by atoms with van der Waals surface area (Å²) >= 11 is 0. The molecular formula is C15H17FN4O. The van der Waals surface area contributed by atoms with E-state index in [1.54, 1.807) is 19.1 Å². The van der Waals surface area contributed by atoms with Crippen LogP contribution in [0.5, 0.6) is 0 Å². The molecule has 1 aromatic carbocycles. The first-order valence-electron chi connectivity index (χ1n) is 6.75. The maximum absolute atomic E-state index is 13.1. The van der Waals surface area contributed by atoms with Crippen LogP contribution in [0.2, 0.25) is 0 Å². The second-order valence-electron chi connectivity index (χ2n) is 4.58. The third-order valence-electron chi connectivity index (χ3n) is 2.71. The summed E-state index contributed by atoms with van der Waals surface area (Å²) in [7, 11) is 0. The third-order valence-corrected chi connectivity index (χ3v) is 2.71. The van der Waals surface area contributed by atoms with E-state index >= 15 is 0 Å². The largest absolute Gasteiger partial charge is 0.370 e. The number of nitrogens with one attached hydrogen (secondary N) is 2. The molecule has 0 bridgehead atoms. The molecule has 2 rings (SSSR count). The molecule has 0 atom stereocenters. The van der Waals surface area contributed by atoms with Crippen molar-refractivity contribution in [2.75, 3.05) is 17.2 Å². The van der Waals surface area contributed by atoms with Crippen LogP contribution in [0.25, 0.3) is 0 Å². The quantitative estimate of drug-likeness (QED) is 0.887. The highest BCUT2D eigenvalue weighted by Gasteiger charge is 2.11. The molecule has 0 aliphatic heterocycles. The number of carbonyl (C=O) groups is 1. The SMILES string of the molecule is CCCNc1cc(C(=O)Nc2cccc(F)c2)nc(C)n1. The fourth-order valence-electron chi connectivity index (χ4n) is 1.79. The molecule has 0 saturated carbocycles. The van der Waals surface area contributed by atoms with Crippen molar-refractivity contribution >= 4 is 17.4 Å². The lowest BCUT2D eigenvalue weighted by Gasteiger charge is -2.08. The second kappa shape index (κ2) is 6.78. The van der Waals surface area contributed by atoms with Crippen molar-refractivity contribution < 1.29 is 9.18 Å². The summed E-state index contributed by atoms with van der Waals surface area (Å²) in [5.74, 6) is 0.303. The van der Waals surface area contributed by atoms with Crippen molar-refractivity contribution in [2.24, 2.45) is 0 Å². The number of nitrogens with zero attached hydrogens (tertiary/aromatic N) is 2. The minimum atomic E-state index is -0.406. The Morgan fingerprint density at radius 1 is 1.29 bits per heavy atom. The van der Waals surface area contributed by atoms with E-state index in [9.17, 15) is 9.18 Å². The topological polar surface area (TPSA) is 66.9 Å². The number of amides is 1. The lowest BCUT2D eigenvalue weighted by Crippen LogP contribution is -2.16. The van der Waals surface area contributed by atoms with Crippen molar-refractivity contribution in [3.63, 3.8) is 0 Å². The third kappa shape index (κ3) is 4.24. The summed E-state index contributed by atoms with van der Waals surface area (Å²) in [5.41, 5.74) is 0.629. The zero-order chi connectivity index (χ0) is 15.2. The van der Waals surface area contributed by atoms with Gasteiger partial charge in [-0.05, 0) is 31.5 Å². The van der Waals surface area contributed by atoms with Gasteiger partial charge in [0, 0.05) is 18.3 Å². The maximum Gasteiger partial charge on any atom is 0.274 e. The molecule has 110 valence electrons. The van der Waals surface area contributed by atoms with Crippen LogP contribution < -0.4 is 10.6 Å². The Morgan fingerprint density at radius 2 is 2.10 bits per heavy atom. The smallest absolute Gasteiger partial charge is 0.274 e. The first-order chi connectivity index (χ1) is 10.1. The summed E-state index contributed by atoms with van der Waals surface area (Å²) in [5, 5.41) is 5.72. The average molecular weight is 288 g/mol. The van der Waals surface area contributed by atoms with Crippen LogP contribution in [0, 0.1) is 12.7 Å². The second-order valence-corrected chi connectivity index (χ2v) is 4.58. The van der Waals surface area contributed by atoms with Gasteiger partial charge < -0.3 is 10.6 Å². The molecule has 6 heteroatoms. The van der Waals surface area contributed by atoms with Gasteiger partial charge in [0.25, 0.3) is 5.91 Å². The Labute approximate surface area is 122 Å². The Bertz CT molecular complexity index is 645. The van der Waals surface area contributed by atoms with Crippen molar-refractivity contribution in [1.82, 2.24) is 9.97 Å². The Kier molecular flexibility index (Phi) is 4.81. The van der Waals surface area contributed by atoms with E-state index in [0.717, 1.165) is 13.0 Å². The van der Waals surface area contributed by atoms with Gasteiger partial charge in [0.05, 0.1) is 0 Å². The summed E-state index contributed by atoms with van der Waals surface area (Å²) in [6.45, 7) is 4.52. The number of halogens is 1. The summed E-state index contributed by atoms with van der Waals surface area (Å²) in [4.78, 5) is 20.5. The maximum atomic E-state index is 13.1. The molecule has 1 heterocycles. The number of hydrogen-bond acceptors (Lipinski definition) is 4. The van der Waals surface area contributed by atoms with Crippen molar-refractivity contribution in [1.29, 1.82) is 0 Å².